The molecule has 0 radical (unpaired) electrons. The maximum atomic E-state index is 12.8. The zero-order chi connectivity index (χ0) is 15.4. The van der Waals surface area contributed by atoms with Crippen LogP contribution in [0.3, 0.4) is 0 Å². The third kappa shape index (κ3) is 1.59. The largest absolute Gasteiger partial charge is 0.459 e. The van der Waals surface area contributed by atoms with E-state index in [2.05, 4.69) is 13.8 Å². The van der Waals surface area contributed by atoms with Crippen molar-refractivity contribution in [3.8, 4) is 0 Å². The lowest BCUT2D eigenvalue weighted by Gasteiger charge is -2.38. The van der Waals surface area contributed by atoms with Crippen molar-refractivity contribution in [1.82, 2.24) is 0 Å². The molecule has 0 aromatic heterocycles. The summed E-state index contributed by atoms with van der Waals surface area (Å²) in [5.74, 6) is 5.21. The van der Waals surface area contributed by atoms with Gasteiger partial charge in [-0.15, -0.1) is 0 Å². The standard InChI is InChI=1S/C19H28O3/c1-8(2)19(3,4)22-18(20)11-6-9-5-10(11)15-13-7-12(14(9)15)16-17(13)21-16/h8-17H,5-7H2,1-4H3. The maximum Gasteiger partial charge on any atom is 0.309 e. The van der Waals surface area contributed by atoms with Gasteiger partial charge in [-0.3, -0.25) is 4.79 Å². The van der Waals surface area contributed by atoms with Crippen LogP contribution in [0.4, 0.5) is 0 Å². The van der Waals surface area contributed by atoms with Crippen molar-refractivity contribution in [3.63, 3.8) is 0 Å². The Morgan fingerprint density at radius 2 is 1.73 bits per heavy atom. The molecule has 4 bridgehead atoms. The van der Waals surface area contributed by atoms with E-state index in [-0.39, 0.29) is 17.5 Å². The summed E-state index contributed by atoms with van der Waals surface area (Å²) in [7, 11) is 0. The van der Waals surface area contributed by atoms with Crippen LogP contribution in [-0.4, -0.2) is 23.8 Å². The second-order valence-corrected chi connectivity index (χ2v) is 9.46. The molecule has 3 nitrogen and oxygen atoms in total. The fourth-order valence-corrected chi connectivity index (χ4v) is 6.57. The summed E-state index contributed by atoms with van der Waals surface area (Å²) in [6.07, 6.45) is 4.92. The average Bonchev–Trinajstić information content (AvgIpc) is 2.81. The Morgan fingerprint density at radius 3 is 2.41 bits per heavy atom. The van der Waals surface area contributed by atoms with Crippen LogP contribution in [0.25, 0.3) is 0 Å². The molecule has 0 amide bonds. The highest BCUT2D eigenvalue weighted by Gasteiger charge is 2.74. The number of carbonyl (C=O) groups is 1. The topological polar surface area (TPSA) is 38.8 Å². The molecule has 0 aromatic carbocycles. The van der Waals surface area contributed by atoms with Crippen molar-refractivity contribution in [2.75, 3.05) is 0 Å². The second kappa shape index (κ2) is 4.09. The fourth-order valence-electron chi connectivity index (χ4n) is 6.57. The lowest BCUT2D eigenvalue weighted by molar-refractivity contribution is -0.169. The molecular formula is C19H28O3. The minimum Gasteiger partial charge on any atom is -0.459 e. The molecule has 5 fully saturated rings. The lowest BCUT2D eigenvalue weighted by atomic mass is 9.67. The molecule has 5 rings (SSSR count). The quantitative estimate of drug-likeness (QED) is 0.456. The van der Waals surface area contributed by atoms with Crippen molar-refractivity contribution in [2.45, 2.75) is 64.8 Å². The highest BCUT2D eigenvalue weighted by atomic mass is 16.6. The Bertz CT molecular complexity index is 525. The van der Waals surface area contributed by atoms with Gasteiger partial charge in [0.2, 0.25) is 0 Å². The van der Waals surface area contributed by atoms with Crippen LogP contribution in [0.1, 0.15) is 47.0 Å². The SMILES string of the molecule is CC(C)C(C)(C)OC(=O)C1CC2CC1C1C3CC(C4OC34)C21. The number of hydrogen-bond acceptors (Lipinski definition) is 3. The summed E-state index contributed by atoms with van der Waals surface area (Å²) < 4.78 is 11.8. The summed E-state index contributed by atoms with van der Waals surface area (Å²) in [5, 5.41) is 0. The van der Waals surface area contributed by atoms with E-state index < -0.39 is 0 Å². The van der Waals surface area contributed by atoms with Crippen LogP contribution < -0.4 is 0 Å². The van der Waals surface area contributed by atoms with Gasteiger partial charge in [-0.2, -0.15) is 0 Å². The van der Waals surface area contributed by atoms with E-state index in [4.69, 9.17) is 9.47 Å². The monoisotopic (exact) mass is 304 g/mol. The molecule has 122 valence electrons. The van der Waals surface area contributed by atoms with Crippen LogP contribution in [0.5, 0.6) is 0 Å². The van der Waals surface area contributed by atoms with Crippen molar-refractivity contribution >= 4 is 5.97 Å². The first-order chi connectivity index (χ1) is 10.4. The van der Waals surface area contributed by atoms with E-state index >= 15 is 0 Å². The second-order valence-electron chi connectivity index (χ2n) is 9.46. The molecule has 3 heteroatoms. The molecule has 1 saturated heterocycles. The van der Waals surface area contributed by atoms with Crippen molar-refractivity contribution < 1.29 is 14.3 Å². The van der Waals surface area contributed by atoms with Gasteiger partial charge in [0.25, 0.3) is 0 Å². The molecule has 0 N–H and O–H groups in total. The molecule has 4 saturated carbocycles. The molecule has 9 atom stereocenters. The van der Waals surface area contributed by atoms with Gasteiger partial charge < -0.3 is 9.47 Å². The van der Waals surface area contributed by atoms with E-state index in [0.29, 0.717) is 24.0 Å². The molecule has 1 aliphatic heterocycles. The number of hydrogen-bond donors (Lipinski definition) is 0. The predicted molar refractivity (Wildman–Crippen MR) is 82.0 cm³/mol. The van der Waals surface area contributed by atoms with E-state index in [9.17, 15) is 4.79 Å². The maximum absolute atomic E-state index is 12.8. The van der Waals surface area contributed by atoms with Gasteiger partial charge in [-0.25, -0.2) is 0 Å². The summed E-state index contributed by atoms with van der Waals surface area (Å²) >= 11 is 0. The van der Waals surface area contributed by atoms with Gasteiger partial charge in [0.15, 0.2) is 0 Å². The fraction of sp³-hybridized carbons (Fsp3) is 0.947. The smallest absolute Gasteiger partial charge is 0.309 e. The molecular weight excluding hydrogens is 276 g/mol. The predicted octanol–water partition coefficient (Wildman–Crippen LogP) is 3.27. The molecule has 1 heterocycles. The van der Waals surface area contributed by atoms with Gasteiger partial charge in [0.1, 0.15) is 5.60 Å². The highest BCUT2D eigenvalue weighted by Crippen LogP contribution is 2.73. The van der Waals surface area contributed by atoms with E-state index in [1.807, 2.05) is 13.8 Å². The molecule has 4 aliphatic carbocycles. The van der Waals surface area contributed by atoms with E-state index in [0.717, 1.165) is 36.0 Å². The van der Waals surface area contributed by atoms with Crippen LogP contribution in [-0.2, 0) is 14.3 Å². The van der Waals surface area contributed by atoms with E-state index in [1.54, 1.807) is 0 Å². The number of carbonyl (C=O) groups excluding carboxylic acids is 1. The Balaban J connectivity index is 1.34. The Hall–Kier alpha value is -0.570. The van der Waals surface area contributed by atoms with Crippen molar-refractivity contribution in [3.05, 3.63) is 0 Å². The summed E-state index contributed by atoms with van der Waals surface area (Å²) in [6, 6.07) is 0. The number of ether oxygens (including phenoxy) is 2. The molecule has 9 unspecified atom stereocenters. The van der Waals surface area contributed by atoms with Crippen LogP contribution in [0, 0.1) is 47.3 Å². The first-order valence-corrected chi connectivity index (χ1v) is 9.27. The van der Waals surface area contributed by atoms with Crippen LogP contribution >= 0.6 is 0 Å². The number of esters is 1. The molecule has 22 heavy (non-hydrogen) atoms. The van der Waals surface area contributed by atoms with Crippen molar-refractivity contribution in [1.29, 1.82) is 0 Å². The van der Waals surface area contributed by atoms with Crippen LogP contribution in [0.15, 0.2) is 0 Å². The Labute approximate surface area is 133 Å². The first-order valence-electron chi connectivity index (χ1n) is 9.27. The minimum absolute atomic E-state index is 0.0840. The van der Waals surface area contributed by atoms with E-state index in [1.165, 1.54) is 12.8 Å². The number of epoxide rings is 1. The summed E-state index contributed by atoms with van der Waals surface area (Å²) in [4.78, 5) is 12.8. The van der Waals surface area contributed by atoms with Gasteiger partial charge in [-0.1, -0.05) is 13.8 Å². The minimum atomic E-state index is -0.350. The molecule has 0 spiro atoms. The zero-order valence-corrected chi connectivity index (χ0v) is 14.1. The normalized spacial score (nSPS) is 53.8. The summed E-state index contributed by atoms with van der Waals surface area (Å²) in [6.45, 7) is 8.35. The first kappa shape index (κ1) is 13.8. The zero-order valence-electron chi connectivity index (χ0n) is 14.1. The Morgan fingerprint density at radius 1 is 1.05 bits per heavy atom. The average molecular weight is 304 g/mol. The van der Waals surface area contributed by atoms with Gasteiger partial charge in [0, 0.05) is 0 Å². The summed E-state index contributed by atoms with van der Waals surface area (Å²) in [5.41, 5.74) is -0.350. The van der Waals surface area contributed by atoms with Gasteiger partial charge >= 0.3 is 5.97 Å². The van der Waals surface area contributed by atoms with Crippen LogP contribution in [0.2, 0.25) is 0 Å². The Kier molecular flexibility index (Phi) is 2.57. The lowest BCUT2D eigenvalue weighted by Crippen LogP contribution is -2.42. The molecule has 5 aliphatic rings. The highest BCUT2D eigenvalue weighted by molar-refractivity contribution is 5.74. The third-order valence-electron chi connectivity index (χ3n) is 8.13. The third-order valence-corrected chi connectivity index (χ3v) is 8.13. The van der Waals surface area contributed by atoms with Gasteiger partial charge in [0.05, 0.1) is 18.1 Å². The molecule has 0 aromatic rings. The number of rotatable bonds is 3. The van der Waals surface area contributed by atoms with Gasteiger partial charge in [-0.05, 0) is 74.5 Å². The number of fused-ring (bicyclic) bond motifs is 12. The van der Waals surface area contributed by atoms with Crippen molar-refractivity contribution in [2.24, 2.45) is 47.3 Å².